The molecule has 2 rings (SSSR count). The van der Waals surface area contributed by atoms with Crippen LogP contribution in [0, 0.1) is 10.1 Å². The lowest BCUT2D eigenvalue weighted by molar-refractivity contribution is -0.393. The standard InChI is InChI=1S/C8H9BrFN3O4/c9-5-6(14)4(1-10)17-7(5)3-2-11-8(12-3)13(15)16/h2,4-7,14H,1H2,(H,11,12)/t4-,5+,6-,7+/m1/s1. The third-order valence-electron chi connectivity index (χ3n) is 2.52. The summed E-state index contributed by atoms with van der Waals surface area (Å²) in [5.41, 5.74) is 0.258. The molecule has 4 atom stereocenters. The number of hydrogen-bond donors (Lipinski definition) is 2. The van der Waals surface area contributed by atoms with E-state index in [0.29, 0.717) is 0 Å². The smallest absolute Gasteiger partial charge is 0.390 e. The maximum absolute atomic E-state index is 12.5. The van der Waals surface area contributed by atoms with E-state index in [4.69, 9.17) is 4.74 Å². The SMILES string of the molecule is O=[N+]([O-])c1nc([C@@H]2O[C@H](CF)[C@@H](O)[C@@H]2Br)c[nH]1. The minimum absolute atomic E-state index is 0.258. The highest BCUT2D eigenvalue weighted by Crippen LogP contribution is 2.37. The molecular weight excluding hydrogens is 301 g/mol. The predicted octanol–water partition coefficient (Wildman–Crippen LogP) is 0.852. The molecule has 1 fully saturated rings. The maximum Gasteiger partial charge on any atom is 0.432 e. The van der Waals surface area contributed by atoms with Crippen molar-refractivity contribution in [1.29, 1.82) is 0 Å². The molecule has 0 spiro atoms. The van der Waals surface area contributed by atoms with Gasteiger partial charge in [-0.15, -0.1) is 0 Å². The summed E-state index contributed by atoms with van der Waals surface area (Å²) in [6, 6.07) is 0. The first-order chi connectivity index (χ1) is 8.04. The van der Waals surface area contributed by atoms with Crippen molar-refractivity contribution in [3.8, 4) is 0 Å². The van der Waals surface area contributed by atoms with Crippen LogP contribution in [-0.2, 0) is 4.74 Å². The number of hydrogen-bond acceptors (Lipinski definition) is 5. The molecule has 0 bridgehead atoms. The topological polar surface area (TPSA) is 101 Å². The van der Waals surface area contributed by atoms with E-state index in [2.05, 4.69) is 25.9 Å². The third-order valence-corrected chi connectivity index (χ3v) is 3.54. The highest BCUT2D eigenvalue weighted by Gasteiger charge is 2.45. The van der Waals surface area contributed by atoms with E-state index in [-0.39, 0.29) is 5.69 Å². The van der Waals surface area contributed by atoms with Gasteiger partial charge in [-0.2, -0.15) is 0 Å². The van der Waals surface area contributed by atoms with Crippen LogP contribution in [0.3, 0.4) is 0 Å². The molecule has 1 aliphatic heterocycles. The highest BCUT2D eigenvalue weighted by molar-refractivity contribution is 9.09. The van der Waals surface area contributed by atoms with E-state index in [1.165, 1.54) is 6.20 Å². The second kappa shape index (κ2) is 4.67. The number of rotatable bonds is 3. The lowest BCUT2D eigenvalue weighted by Crippen LogP contribution is -2.28. The first kappa shape index (κ1) is 12.4. The minimum atomic E-state index is -1.01. The van der Waals surface area contributed by atoms with Crippen molar-refractivity contribution in [3.63, 3.8) is 0 Å². The zero-order valence-corrected chi connectivity index (χ0v) is 10.0. The van der Waals surface area contributed by atoms with Crippen molar-refractivity contribution in [3.05, 3.63) is 22.0 Å². The Hall–Kier alpha value is -1.06. The fourth-order valence-corrected chi connectivity index (χ4v) is 2.39. The van der Waals surface area contributed by atoms with Crippen molar-refractivity contribution in [2.45, 2.75) is 23.1 Å². The van der Waals surface area contributed by atoms with Gasteiger partial charge in [-0.05, 0) is 4.92 Å². The Morgan fingerprint density at radius 3 is 2.94 bits per heavy atom. The fraction of sp³-hybridized carbons (Fsp3) is 0.625. The molecule has 94 valence electrons. The molecule has 0 aliphatic carbocycles. The van der Waals surface area contributed by atoms with Crippen LogP contribution in [0.2, 0.25) is 0 Å². The predicted molar refractivity (Wildman–Crippen MR) is 57.6 cm³/mol. The van der Waals surface area contributed by atoms with E-state index >= 15 is 0 Å². The Labute approximate surface area is 103 Å². The zero-order valence-electron chi connectivity index (χ0n) is 8.42. The molecule has 0 unspecified atom stereocenters. The van der Waals surface area contributed by atoms with Gasteiger partial charge in [0.05, 0.1) is 10.9 Å². The van der Waals surface area contributed by atoms with Gasteiger partial charge in [-0.1, -0.05) is 20.9 Å². The van der Waals surface area contributed by atoms with Crippen molar-refractivity contribution in [1.82, 2.24) is 9.97 Å². The van der Waals surface area contributed by atoms with E-state index < -0.39 is 40.7 Å². The Balaban J connectivity index is 2.19. The summed E-state index contributed by atoms with van der Waals surface area (Å²) < 4.78 is 17.7. The Morgan fingerprint density at radius 2 is 2.47 bits per heavy atom. The van der Waals surface area contributed by atoms with Gasteiger partial charge in [-0.3, -0.25) is 0 Å². The van der Waals surface area contributed by atoms with Crippen LogP contribution in [0.4, 0.5) is 10.3 Å². The van der Waals surface area contributed by atoms with Gasteiger partial charge in [-0.25, -0.2) is 9.37 Å². The second-order valence-corrected chi connectivity index (χ2v) is 4.65. The fourth-order valence-electron chi connectivity index (χ4n) is 1.65. The number of alkyl halides is 2. The Morgan fingerprint density at radius 1 is 1.76 bits per heavy atom. The van der Waals surface area contributed by atoms with Crippen LogP contribution >= 0.6 is 15.9 Å². The van der Waals surface area contributed by atoms with Crippen LogP contribution in [0.1, 0.15) is 11.8 Å². The van der Waals surface area contributed by atoms with Crippen LogP contribution < -0.4 is 0 Å². The number of nitrogens with zero attached hydrogens (tertiary/aromatic N) is 2. The van der Waals surface area contributed by atoms with Crippen molar-refractivity contribution in [2.24, 2.45) is 0 Å². The molecule has 0 saturated carbocycles. The van der Waals surface area contributed by atoms with Gasteiger partial charge in [0.2, 0.25) is 0 Å². The summed E-state index contributed by atoms with van der Waals surface area (Å²) in [5, 5.41) is 20.1. The van der Waals surface area contributed by atoms with E-state index in [1.807, 2.05) is 0 Å². The first-order valence-corrected chi connectivity index (χ1v) is 5.69. The number of nitrogens with one attached hydrogen (secondary N) is 1. The Kier molecular flexibility index (Phi) is 3.40. The molecule has 1 saturated heterocycles. The zero-order chi connectivity index (χ0) is 12.6. The molecule has 1 aromatic heterocycles. The molecule has 9 heteroatoms. The largest absolute Gasteiger partial charge is 0.432 e. The normalized spacial score (nSPS) is 32.9. The first-order valence-electron chi connectivity index (χ1n) is 4.78. The van der Waals surface area contributed by atoms with Crippen molar-refractivity contribution in [2.75, 3.05) is 6.67 Å². The highest BCUT2D eigenvalue weighted by atomic mass is 79.9. The number of halogens is 2. The summed E-state index contributed by atoms with van der Waals surface area (Å²) >= 11 is 3.17. The third kappa shape index (κ3) is 2.17. The van der Waals surface area contributed by atoms with Gasteiger partial charge in [0.1, 0.15) is 25.1 Å². The average molecular weight is 310 g/mol. The molecule has 0 radical (unpaired) electrons. The number of nitro groups is 1. The monoisotopic (exact) mass is 309 g/mol. The summed E-state index contributed by atoms with van der Waals surface area (Å²) in [5.74, 6) is -0.415. The van der Waals surface area contributed by atoms with E-state index in [1.54, 1.807) is 0 Å². The van der Waals surface area contributed by atoms with Gasteiger partial charge in [0.25, 0.3) is 0 Å². The quantitative estimate of drug-likeness (QED) is 0.490. The summed E-state index contributed by atoms with van der Waals surface area (Å²) in [7, 11) is 0. The number of imidazole rings is 1. The molecule has 0 aromatic carbocycles. The molecule has 17 heavy (non-hydrogen) atoms. The van der Waals surface area contributed by atoms with Crippen molar-refractivity contribution >= 4 is 21.9 Å². The molecule has 0 amide bonds. The van der Waals surface area contributed by atoms with Crippen LogP contribution in [0.5, 0.6) is 0 Å². The number of aromatic amines is 1. The van der Waals surface area contributed by atoms with Gasteiger partial charge in [0, 0.05) is 0 Å². The van der Waals surface area contributed by atoms with Gasteiger partial charge >= 0.3 is 5.95 Å². The van der Waals surface area contributed by atoms with Crippen LogP contribution in [0.25, 0.3) is 0 Å². The number of aliphatic hydroxyl groups is 1. The van der Waals surface area contributed by atoms with Gasteiger partial charge in [0.15, 0.2) is 5.69 Å². The van der Waals surface area contributed by atoms with Crippen molar-refractivity contribution < 1.29 is 19.2 Å². The molecule has 7 nitrogen and oxygen atoms in total. The molecule has 2 N–H and O–H groups in total. The lowest BCUT2D eigenvalue weighted by atomic mass is 10.1. The number of H-pyrrole nitrogens is 1. The molecule has 1 aromatic rings. The maximum atomic E-state index is 12.5. The average Bonchev–Trinajstić information content (AvgIpc) is 2.87. The molecular formula is C8H9BrFN3O4. The molecule has 2 heterocycles. The number of aliphatic hydroxyl groups excluding tert-OH is 1. The summed E-state index contributed by atoms with van der Waals surface area (Å²) in [6.45, 7) is -0.827. The van der Waals surface area contributed by atoms with E-state index in [9.17, 15) is 19.6 Å². The van der Waals surface area contributed by atoms with Crippen LogP contribution in [-0.4, -0.2) is 43.7 Å². The number of aromatic nitrogens is 2. The Bertz CT molecular complexity index is 429. The van der Waals surface area contributed by atoms with Crippen LogP contribution in [0.15, 0.2) is 6.20 Å². The van der Waals surface area contributed by atoms with E-state index in [0.717, 1.165) is 0 Å². The minimum Gasteiger partial charge on any atom is -0.390 e. The second-order valence-electron chi connectivity index (χ2n) is 3.59. The summed E-state index contributed by atoms with van der Waals surface area (Å²) in [6.07, 6.45) is -1.36. The van der Waals surface area contributed by atoms with Gasteiger partial charge < -0.3 is 20.0 Å². The lowest BCUT2D eigenvalue weighted by Gasteiger charge is -2.09. The molecule has 1 aliphatic rings. The number of ether oxygens (including phenoxy) is 1. The summed E-state index contributed by atoms with van der Waals surface area (Å²) in [4.78, 5) is 15.3.